The lowest BCUT2D eigenvalue weighted by Crippen LogP contribution is -1.98. The molecular formula is C36H54. The van der Waals surface area contributed by atoms with Gasteiger partial charge in [-0.2, -0.15) is 0 Å². The van der Waals surface area contributed by atoms with E-state index in [1.165, 1.54) is 154 Å². The molecule has 36 heavy (non-hydrogen) atoms. The zero-order valence-electron chi connectivity index (χ0n) is 23.4. The fourth-order valence-corrected chi connectivity index (χ4v) is 6.64. The van der Waals surface area contributed by atoms with Crippen molar-refractivity contribution in [3.05, 3.63) is 69.8 Å². The maximum atomic E-state index is 2.57. The van der Waals surface area contributed by atoms with Crippen LogP contribution >= 0.6 is 0 Å². The Labute approximate surface area is 223 Å². The number of hydrogen-bond donors (Lipinski definition) is 0. The van der Waals surface area contributed by atoms with Gasteiger partial charge < -0.3 is 0 Å². The van der Waals surface area contributed by atoms with Gasteiger partial charge in [-0.25, -0.2) is 0 Å². The van der Waals surface area contributed by atoms with Crippen molar-refractivity contribution in [3.8, 4) is 0 Å². The largest absolute Gasteiger partial charge is 0.0558 e. The van der Waals surface area contributed by atoms with Gasteiger partial charge in [-0.1, -0.05) is 113 Å². The van der Waals surface area contributed by atoms with Crippen molar-refractivity contribution in [2.45, 2.75) is 154 Å². The van der Waals surface area contributed by atoms with E-state index in [0.717, 1.165) is 0 Å². The summed E-state index contributed by atoms with van der Waals surface area (Å²) in [5.41, 5.74) is 9.76. The standard InChI is InChI=1S/C36H54/c1-2-8-14-20-32-27-35-23-17-11-5-3-9-15-21-33-25-31(19-13-7-1)26-34(29-33)22-16-10-4-6-12-18-24-36(28-32)30-35/h25-30H,1-24H2. The van der Waals surface area contributed by atoms with Crippen molar-refractivity contribution < 1.29 is 0 Å². The highest BCUT2D eigenvalue weighted by atomic mass is 14.1. The fraction of sp³-hybridized carbons (Fsp3) is 0.667. The lowest BCUT2D eigenvalue weighted by atomic mass is 9.93. The van der Waals surface area contributed by atoms with Crippen molar-refractivity contribution in [3.63, 3.8) is 0 Å². The molecule has 2 aromatic carbocycles. The van der Waals surface area contributed by atoms with E-state index in [4.69, 9.17) is 0 Å². The average Bonchev–Trinajstić information content (AvgIpc) is 2.87. The molecule has 6 bridgehead atoms. The molecule has 198 valence electrons. The minimum absolute atomic E-state index is 1.29. The molecule has 0 unspecified atom stereocenters. The van der Waals surface area contributed by atoms with Gasteiger partial charge in [0, 0.05) is 0 Å². The third kappa shape index (κ3) is 10.4. The number of fused-ring (bicyclic) bond motifs is 21. The molecule has 2 aromatic rings. The topological polar surface area (TPSA) is 0 Å². The van der Waals surface area contributed by atoms with E-state index in [1.54, 1.807) is 33.4 Å². The Morgan fingerprint density at radius 2 is 0.333 bits per heavy atom. The van der Waals surface area contributed by atoms with Crippen LogP contribution < -0.4 is 0 Å². The Morgan fingerprint density at radius 3 is 0.500 bits per heavy atom. The maximum Gasteiger partial charge on any atom is -0.0279 e. The van der Waals surface area contributed by atoms with Crippen LogP contribution in [0.5, 0.6) is 0 Å². The van der Waals surface area contributed by atoms with Crippen molar-refractivity contribution in [2.75, 3.05) is 0 Å². The molecule has 0 nitrogen and oxygen atoms in total. The molecule has 0 aromatic heterocycles. The van der Waals surface area contributed by atoms with Crippen LogP contribution in [0.25, 0.3) is 0 Å². The Balaban J connectivity index is 1.48. The summed E-state index contributed by atoms with van der Waals surface area (Å²) >= 11 is 0. The molecule has 0 fully saturated rings. The Bertz CT molecular complexity index is 663. The minimum Gasteiger partial charge on any atom is -0.0558 e. The molecule has 0 heterocycles. The molecule has 0 N–H and O–H groups in total. The number of aryl methyl sites for hydroxylation is 6. The molecule has 0 saturated heterocycles. The van der Waals surface area contributed by atoms with Gasteiger partial charge in [-0.05, 0) is 110 Å². The van der Waals surface area contributed by atoms with E-state index in [-0.39, 0.29) is 0 Å². The van der Waals surface area contributed by atoms with Gasteiger partial charge in [-0.15, -0.1) is 0 Å². The van der Waals surface area contributed by atoms with Crippen LogP contribution in [0.2, 0.25) is 0 Å². The molecule has 5 rings (SSSR count). The van der Waals surface area contributed by atoms with E-state index < -0.39 is 0 Å². The zero-order chi connectivity index (χ0) is 24.7. The summed E-state index contributed by atoms with van der Waals surface area (Å²) in [6.45, 7) is 0. The van der Waals surface area contributed by atoms with Crippen LogP contribution in [0.4, 0.5) is 0 Å². The van der Waals surface area contributed by atoms with Crippen molar-refractivity contribution in [2.24, 2.45) is 0 Å². The van der Waals surface area contributed by atoms with Crippen LogP contribution in [-0.4, -0.2) is 0 Å². The Kier molecular flexibility index (Phi) is 12.5. The summed E-state index contributed by atoms with van der Waals surface area (Å²) < 4.78 is 0. The maximum absolute atomic E-state index is 2.57. The summed E-state index contributed by atoms with van der Waals surface area (Å²) in [5.74, 6) is 0. The molecule has 0 radical (unpaired) electrons. The molecule has 0 saturated carbocycles. The van der Waals surface area contributed by atoms with Gasteiger partial charge in [0.2, 0.25) is 0 Å². The first-order valence-electron chi connectivity index (χ1n) is 16.1. The predicted molar refractivity (Wildman–Crippen MR) is 158 cm³/mol. The quantitative estimate of drug-likeness (QED) is 0.347. The molecule has 0 atom stereocenters. The highest BCUT2D eigenvalue weighted by Crippen LogP contribution is 2.22. The van der Waals surface area contributed by atoms with Gasteiger partial charge in [0.25, 0.3) is 0 Å². The summed E-state index contributed by atoms with van der Waals surface area (Å²) in [6, 6.07) is 15.4. The fourth-order valence-electron chi connectivity index (χ4n) is 6.64. The van der Waals surface area contributed by atoms with Gasteiger partial charge in [0.05, 0.1) is 0 Å². The van der Waals surface area contributed by atoms with Crippen LogP contribution in [0.3, 0.4) is 0 Å². The van der Waals surface area contributed by atoms with Gasteiger partial charge in [0.1, 0.15) is 0 Å². The second kappa shape index (κ2) is 16.3. The first-order valence-corrected chi connectivity index (χ1v) is 16.1. The number of rotatable bonds is 0. The minimum atomic E-state index is 1.29. The normalized spacial score (nSPS) is 20.3. The summed E-state index contributed by atoms with van der Waals surface area (Å²) in [7, 11) is 0. The average molecular weight is 487 g/mol. The summed E-state index contributed by atoms with van der Waals surface area (Å²) in [6.07, 6.45) is 32.8. The zero-order valence-corrected chi connectivity index (χ0v) is 23.4. The van der Waals surface area contributed by atoms with Crippen LogP contribution in [0.15, 0.2) is 36.4 Å². The first-order chi connectivity index (χ1) is 17.8. The molecule has 3 aliphatic carbocycles. The number of benzene rings is 2. The molecule has 3 aliphatic rings. The van der Waals surface area contributed by atoms with Gasteiger partial charge >= 0.3 is 0 Å². The van der Waals surface area contributed by atoms with E-state index in [0.29, 0.717) is 0 Å². The third-order valence-corrected chi connectivity index (χ3v) is 8.77. The highest BCUT2D eigenvalue weighted by molar-refractivity contribution is 5.32. The lowest BCUT2D eigenvalue weighted by Gasteiger charge is -2.12. The monoisotopic (exact) mass is 486 g/mol. The highest BCUT2D eigenvalue weighted by Gasteiger charge is 2.06. The SMILES string of the molecule is c1c2cc3cc1CCCCCCCCc1cc(cc(c1)CCCCCCCC3)CCCCCCCC2. The number of hydrogen-bond acceptors (Lipinski definition) is 0. The van der Waals surface area contributed by atoms with E-state index in [1.807, 2.05) is 0 Å². The Morgan fingerprint density at radius 1 is 0.194 bits per heavy atom. The van der Waals surface area contributed by atoms with Crippen molar-refractivity contribution in [1.82, 2.24) is 0 Å². The molecule has 0 heteroatoms. The van der Waals surface area contributed by atoms with Gasteiger partial charge in [0.15, 0.2) is 0 Å². The molecule has 0 spiro atoms. The summed E-state index contributed by atoms with van der Waals surface area (Å²) in [4.78, 5) is 0. The molecule has 0 aliphatic heterocycles. The van der Waals surface area contributed by atoms with Crippen molar-refractivity contribution in [1.29, 1.82) is 0 Å². The summed E-state index contributed by atoms with van der Waals surface area (Å²) in [5, 5.41) is 0. The van der Waals surface area contributed by atoms with Crippen LogP contribution in [0, 0.1) is 0 Å². The van der Waals surface area contributed by atoms with Crippen LogP contribution in [0.1, 0.15) is 149 Å². The van der Waals surface area contributed by atoms with Gasteiger partial charge in [-0.3, -0.25) is 0 Å². The van der Waals surface area contributed by atoms with Crippen LogP contribution in [-0.2, 0) is 38.5 Å². The van der Waals surface area contributed by atoms with E-state index in [2.05, 4.69) is 36.4 Å². The molecular weight excluding hydrogens is 432 g/mol. The first kappa shape index (κ1) is 27.5. The van der Waals surface area contributed by atoms with Crippen molar-refractivity contribution >= 4 is 0 Å². The smallest absolute Gasteiger partial charge is 0.0279 e. The third-order valence-electron chi connectivity index (χ3n) is 8.77. The van der Waals surface area contributed by atoms with E-state index >= 15 is 0 Å². The van der Waals surface area contributed by atoms with E-state index in [9.17, 15) is 0 Å². The second-order valence-electron chi connectivity index (χ2n) is 12.2. The Hall–Kier alpha value is -1.56. The molecule has 0 amide bonds. The second-order valence-corrected chi connectivity index (χ2v) is 12.2. The predicted octanol–water partition coefficient (Wildman–Crippen LogP) is 10.7. The lowest BCUT2D eigenvalue weighted by molar-refractivity contribution is 0.585.